The average molecular weight is 366 g/mol. The van der Waals surface area contributed by atoms with E-state index in [-0.39, 0.29) is 5.92 Å². The molecule has 1 aliphatic rings. The van der Waals surface area contributed by atoms with Crippen molar-refractivity contribution in [2.24, 2.45) is 11.8 Å². The number of rotatable bonds is 3. The van der Waals surface area contributed by atoms with Gasteiger partial charge in [0.1, 0.15) is 5.65 Å². The number of piperidine rings is 1. The lowest BCUT2D eigenvalue weighted by molar-refractivity contribution is -0.144. The van der Waals surface area contributed by atoms with E-state index in [1.54, 1.807) is 0 Å². The summed E-state index contributed by atoms with van der Waals surface area (Å²) in [4.78, 5) is 18.0. The van der Waals surface area contributed by atoms with Crippen molar-refractivity contribution >= 4 is 27.5 Å². The SMILES string of the molecule is Cc1cc(Br)cn2c(CN3CC(C)CC(C(=O)O)C3)cnc12. The molecular weight excluding hydrogens is 346 g/mol. The van der Waals surface area contributed by atoms with Crippen molar-refractivity contribution in [3.8, 4) is 0 Å². The number of hydrogen-bond donors (Lipinski definition) is 1. The van der Waals surface area contributed by atoms with Crippen LogP contribution in [0, 0.1) is 18.8 Å². The Morgan fingerprint density at radius 3 is 3.00 bits per heavy atom. The molecule has 22 heavy (non-hydrogen) atoms. The number of nitrogens with zero attached hydrogens (tertiary/aromatic N) is 3. The molecule has 1 fully saturated rings. The predicted octanol–water partition coefficient (Wildman–Crippen LogP) is 2.95. The van der Waals surface area contributed by atoms with E-state index in [2.05, 4.69) is 43.2 Å². The second-order valence-electron chi connectivity index (χ2n) is 6.35. The molecule has 0 bridgehead atoms. The van der Waals surface area contributed by atoms with E-state index >= 15 is 0 Å². The summed E-state index contributed by atoms with van der Waals surface area (Å²) in [5.41, 5.74) is 3.17. The minimum Gasteiger partial charge on any atom is -0.481 e. The van der Waals surface area contributed by atoms with Crippen LogP contribution in [-0.2, 0) is 11.3 Å². The number of imidazole rings is 1. The fourth-order valence-electron chi connectivity index (χ4n) is 3.38. The minimum absolute atomic E-state index is 0.267. The van der Waals surface area contributed by atoms with E-state index in [4.69, 9.17) is 0 Å². The Hall–Kier alpha value is -1.40. The molecule has 0 amide bonds. The highest BCUT2D eigenvalue weighted by Gasteiger charge is 2.29. The molecule has 1 saturated heterocycles. The summed E-state index contributed by atoms with van der Waals surface area (Å²) in [6, 6.07) is 2.05. The maximum Gasteiger partial charge on any atom is 0.307 e. The first-order chi connectivity index (χ1) is 10.4. The number of fused-ring (bicyclic) bond motifs is 1. The lowest BCUT2D eigenvalue weighted by Crippen LogP contribution is -2.42. The molecule has 2 aromatic heterocycles. The molecule has 0 aliphatic carbocycles. The zero-order valence-corrected chi connectivity index (χ0v) is 14.4. The van der Waals surface area contributed by atoms with E-state index in [9.17, 15) is 9.90 Å². The van der Waals surface area contributed by atoms with Gasteiger partial charge in [-0.3, -0.25) is 9.69 Å². The van der Waals surface area contributed by atoms with Crippen molar-refractivity contribution in [1.29, 1.82) is 0 Å². The number of hydrogen-bond acceptors (Lipinski definition) is 3. The van der Waals surface area contributed by atoms with E-state index in [1.807, 2.05) is 19.3 Å². The van der Waals surface area contributed by atoms with Gasteiger partial charge in [0.05, 0.1) is 17.8 Å². The van der Waals surface area contributed by atoms with Gasteiger partial charge in [-0.2, -0.15) is 0 Å². The van der Waals surface area contributed by atoms with Gasteiger partial charge in [0.2, 0.25) is 0 Å². The predicted molar refractivity (Wildman–Crippen MR) is 87.8 cm³/mol. The number of likely N-dealkylation sites (tertiary alicyclic amines) is 1. The molecule has 2 unspecified atom stereocenters. The Bertz CT molecular complexity index is 713. The van der Waals surface area contributed by atoms with Crippen molar-refractivity contribution in [1.82, 2.24) is 14.3 Å². The molecule has 1 aliphatic heterocycles. The standard InChI is InChI=1S/C16H20BrN3O2/c1-10-3-12(16(21)22)7-19(6-10)9-14-5-18-15-11(2)4-13(17)8-20(14)15/h4-5,8,10,12H,3,6-7,9H2,1-2H3,(H,21,22). The van der Waals surface area contributed by atoms with E-state index in [0.29, 0.717) is 12.5 Å². The van der Waals surface area contributed by atoms with Crippen LogP contribution >= 0.6 is 15.9 Å². The highest BCUT2D eigenvalue weighted by Crippen LogP contribution is 2.24. The van der Waals surface area contributed by atoms with Crippen LogP contribution < -0.4 is 0 Å². The zero-order valence-electron chi connectivity index (χ0n) is 12.8. The maximum absolute atomic E-state index is 11.3. The molecule has 6 heteroatoms. The minimum atomic E-state index is -0.687. The van der Waals surface area contributed by atoms with Crippen LogP contribution in [0.5, 0.6) is 0 Å². The second kappa shape index (κ2) is 6.01. The molecular formula is C16H20BrN3O2. The quantitative estimate of drug-likeness (QED) is 0.908. The third-order valence-corrected chi connectivity index (χ3v) is 4.74. The van der Waals surface area contributed by atoms with Gasteiger partial charge in [0.15, 0.2) is 0 Å². The number of carbonyl (C=O) groups is 1. The molecule has 2 atom stereocenters. The highest BCUT2D eigenvalue weighted by molar-refractivity contribution is 9.10. The summed E-state index contributed by atoms with van der Waals surface area (Å²) in [6.45, 7) is 6.44. The van der Waals surface area contributed by atoms with Crippen molar-refractivity contribution in [3.63, 3.8) is 0 Å². The van der Waals surface area contributed by atoms with Crippen LogP contribution in [0.15, 0.2) is 22.9 Å². The van der Waals surface area contributed by atoms with Crippen molar-refractivity contribution in [3.05, 3.63) is 34.2 Å². The first-order valence-corrected chi connectivity index (χ1v) is 8.30. The number of halogens is 1. The number of pyridine rings is 1. The first kappa shape index (κ1) is 15.5. The van der Waals surface area contributed by atoms with Gasteiger partial charge in [0, 0.05) is 30.3 Å². The average Bonchev–Trinajstić information content (AvgIpc) is 2.81. The van der Waals surface area contributed by atoms with Crippen LogP contribution in [0.2, 0.25) is 0 Å². The van der Waals surface area contributed by atoms with Crippen LogP contribution in [0.3, 0.4) is 0 Å². The summed E-state index contributed by atoms with van der Waals surface area (Å²) in [5, 5.41) is 9.29. The largest absolute Gasteiger partial charge is 0.481 e. The Morgan fingerprint density at radius 2 is 2.27 bits per heavy atom. The van der Waals surface area contributed by atoms with E-state index in [0.717, 1.165) is 40.9 Å². The number of aryl methyl sites for hydroxylation is 1. The van der Waals surface area contributed by atoms with E-state index < -0.39 is 5.97 Å². The van der Waals surface area contributed by atoms with Crippen LogP contribution in [0.4, 0.5) is 0 Å². The van der Waals surface area contributed by atoms with Crippen molar-refractivity contribution < 1.29 is 9.90 Å². The molecule has 5 nitrogen and oxygen atoms in total. The van der Waals surface area contributed by atoms with Crippen LogP contribution in [0.1, 0.15) is 24.6 Å². The fraction of sp³-hybridized carbons (Fsp3) is 0.500. The number of aliphatic carboxylic acids is 1. The molecule has 3 heterocycles. The maximum atomic E-state index is 11.3. The summed E-state index contributed by atoms with van der Waals surface area (Å²) in [5.74, 6) is -0.549. The molecule has 0 saturated carbocycles. The molecule has 0 spiro atoms. The lowest BCUT2D eigenvalue weighted by Gasteiger charge is -2.34. The Labute approximate surface area is 138 Å². The zero-order chi connectivity index (χ0) is 15.9. The summed E-state index contributed by atoms with van der Waals surface area (Å²) < 4.78 is 3.11. The first-order valence-electron chi connectivity index (χ1n) is 7.51. The fourth-order valence-corrected chi connectivity index (χ4v) is 3.93. The highest BCUT2D eigenvalue weighted by atomic mass is 79.9. The van der Waals surface area contributed by atoms with Gasteiger partial charge in [-0.05, 0) is 46.8 Å². The molecule has 0 aromatic carbocycles. The van der Waals surface area contributed by atoms with Gasteiger partial charge in [-0.25, -0.2) is 4.98 Å². The Balaban J connectivity index is 1.85. The van der Waals surface area contributed by atoms with Gasteiger partial charge in [-0.15, -0.1) is 0 Å². The third-order valence-electron chi connectivity index (χ3n) is 4.30. The lowest BCUT2D eigenvalue weighted by atomic mass is 9.90. The normalized spacial score (nSPS) is 23.0. The van der Waals surface area contributed by atoms with Gasteiger partial charge in [0.25, 0.3) is 0 Å². The number of carboxylic acids is 1. The molecule has 3 rings (SSSR count). The molecule has 1 N–H and O–H groups in total. The molecule has 118 valence electrons. The van der Waals surface area contributed by atoms with Crippen molar-refractivity contribution in [2.75, 3.05) is 13.1 Å². The summed E-state index contributed by atoms with van der Waals surface area (Å²) >= 11 is 3.53. The summed E-state index contributed by atoms with van der Waals surface area (Å²) in [7, 11) is 0. The van der Waals surface area contributed by atoms with Gasteiger partial charge < -0.3 is 9.51 Å². The number of carboxylic acid groups (broad SMARTS) is 1. The number of aromatic nitrogens is 2. The topological polar surface area (TPSA) is 57.8 Å². The Kier molecular flexibility index (Phi) is 4.23. The Morgan fingerprint density at radius 1 is 1.50 bits per heavy atom. The van der Waals surface area contributed by atoms with Crippen LogP contribution in [-0.4, -0.2) is 38.4 Å². The van der Waals surface area contributed by atoms with E-state index in [1.165, 1.54) is 0 Å². The van der Waals surface area contributed by atoms with Gasteiger partial charge in [-0.1, -0.05) is 6.92 Å². The third kappa shape index (κ3) is 3.03. The molecule has 0 radical (unpaired) electrons. The van der Waals surface area contributed by atoms with Crippen molar-refractivity contribution in [2.45, 2.75) is 26.8 Å². The van der Waals surface area contributed by atoms with Crippen LogP contribution in [0.25, 0.3) is 5.65 Å². The second-order valence-corrected chi connectivity index (χ2v) is 7.27. The summed E-state index contributed by atoms with van der Waals surface area (Å²) in [6.07, 6.45) is 4.68. The van der Waals surface area contributed by atoms with Gasteiger partial charge >= 0.3 is 5.97 Å². The monoisotopic (exact) mass is 365 g/mol. The smallest absolute Gasteiger partial charge is 0.307 e. The molecule has 2 aromatic rings.